The zero-order chi connectivity index (χ0) is 7.40. The van der Waals surface area contributed by atoms with Crippen molar-refractivity contribution in [3.63, 3.8) is 0 Å². The molecule has 0 spiro atoms. The first-order chi connectivity index (χ1) is 4.83. The predicted octanol–water partition coefficient (Wildman–Crippen LogP) is -0.483. The average Bonchev–Trinajstić information content (AvgIpc) is 1.95. The van der Waals surface area contributed by atoms with Crippen molar-refractivity contribution in [1.29, 1.82) is 0 Å². The number of hydrogen-bond donors (Lipinski definition) is 0. The molecule has 1 aliphatic heterocycles. The first-order valence-electron chi connectivity index (χ1n) is 3.88. The molecule has 3 heteroatoms. The van der Waals surface area contributed by atoms with Crippen LogP contribution in [0.4, 0.5) is 0 Å². The van der Waals surface area contributed by atoms with E-state index >= 15 is 0 Å². The molecule has 0 saturated carbocycles. The van der Waals surface area contributed by atoms with Crippen LogP contribution in [-0.2, 0) is 0 Å². The Bertz CT molecular complexity index is 86.9. The molecule has 0 atom stereocenters. The molecule has 10 heavy (non-hydrogen) atoms. The van der Waals surface area contributed by atoms with Gasteiger partial charge in [-0.05, 0) is 7.05 Å². The van der Waals surface area contributed by atoms with Gasteiger partial charge in [-0.3, -0.25) is 10.6 Å². The van der Waals surface area contributed by atoms with Gasteiger partial charge in [0.15, 0.2) is 0 Å². The van der Waals surface area contributed by atoms with E-state index in [-0.39, 0.29) is 0 Å². The highest BCUT2D eigenvalue weighted by Crippen LogP contribution is 1.96. The van der Waals surface area contributed by atoms with E-state index in [1.54, 1.807) is 0 Å². The van der Waals surface area contributed by atoms with E-state index in [9.17, 15) is 0 Å². The standard InChI is InChI=1S/C7H16N3/c1-9-4-6-10(3-2-8)7-5-9/h8H,2-7H2,1H3. The minimum atomic E-state index is 0.545. The van der Waals surface area contributed by atoms with Crippen molar-refractivity contribution < 1.29 is 0 Å². The Morgan fingerprint density at radius 1 is 1.20 bits per heavy atom. The smallest absolute Gasteiger partial charge is 0.0228 e. The third-order valence-electron chi connectivity index (χ3n) is 2.02. The molecule has 0 amide bonds. The second kappa shape index (κ2) is 3.91. The average molecular weight is 142 g/mol. The Morgan fingerprint density at radius 3 is 2.30 bits per heavy atom. The van der Waals surface area contributed by atoms with Crippen LogP contribution in [0.2, 0.25) is 0 Å². The van der Waals surface area contributed by atoms with E-state index in [1.165, 1.54) is 13.1 Å². The quantitative estimate of drug-likeness (QED) is 0.521. The van der Waals surface area contributed by atoms with Crippen LogP contribution < -0.4 is 5.73 Å². The molecular formula is C7H16N3. The second-order valence-electron chi connectivity index (χ2n) is 2.89. The Morgan fingerprint density at radius 2 is 1.80 bits per heavy atom. The lowest BCUT2D eigenvalue weighted by Crippen LogP contribution is -2.45. The van der Waals surface area contributed by atoms with E-state index in [0.29, 0.717) is 6.54 Å². The molecule has 1 fully saturated rings. The molecule has 0 aromatic rings. The summed E-state index contributed by atoms with van der Waals surface area (Å²) in [4.78, 5) is 4.69. The fraction of sp³-hybridized carbons (Fsp3) is 1.00. The van der Waals surface area contributed by atoms with Crippen molar-refractivity contribution in [3.8, 4) is 0 Å². The predicted molar refractivity (Wildman–Crippen MR) is 41.9 cm³/mol. The molecule has 1 N–H and O–H groups in total. The van der Waals surface area contributed by atoms with Gasteiger partial charge in [-0.15, -0.1) is 0 Å². The molecule has 0 unspecified atom stereocenters. The molecule has 1 saturated heterocycles. The summed E-state index contributed by atoms with van der Waals surface area (Å²) < 4.78 is 0. The monoisotopic (exact) mass is 142 g/mol. The topological polar surface area (TPSA) is 30.3 Å². The first-order valence-corrected chi connectivity index (χ1v) is 3.88. The highest BCUT2D eigenvalue weighted by molar-refractivity contribution is 4.68. The lowest BCUT2D eigenvalue weighted by molar-refractivity contribution is 0.157. The van der Waals surface area contributed by atoms with Crippen molar-refractivity contribution >= 4 is 0 Å². The largest absolute Gasteiger partial charge is 0.304 e. The molecule has 3 nitrogen and oxygen atoms in total. The summed E-state index contributed by atoms with van der Waals surface area (Å²) in [6, 6.07) is 0. The van der Waals surface area contributed by atoms with Gasteiger partial charge in [0.2, 0.25) is 0 Å². The summed E-state index contributed by atoms with van der Waals surface area (Å²) in [6.45, 7) is 6.13. The Balaban J connectivity index is 2.13. The molecule has 0 bridgehead atoms. The Hall–Kier alpha value is -0.120. The van der Waals surface area contributed by atoms with Gasteiger partial charge in [0.25, 0.3) is 0 Å². The van der Waals surface area contributed by atoms with Crippen molar-refractivity contribution in [2.75, 3.05) is 46.3 Å². The maximum Gasteiger partial charge on any atom is 0.0228 e. The van der Waals surface area contributed by atoms with Gasteiger partial charge in [0.05, 0.1) is 0 Å². The van der Waals surface area contributed by atoms with Gasteiger partial charge >= 0.3 is 0 Å². The highest BCUT2D eigenvalue weighted by Gasteiger charge is 2.11. The van der Waals surface area contributed by atoms with Crippen LogP contribution in [0.1, 0.15) is 0 Å². The van der Waals surface area contributed by atoms with Crippen LogP contribution in [0.3, 0.4) is 0 Å². The fourth-order valence-corrected chi connectivity index (χ4v) is 1.23. The van der Waals surface area contributed by atoms with Crippen LogP contribution in [0.15, 0.2) is 0 Å². The van der Waals surface area contributed by atoms with Gasteiger partial charge in [-0.25, -0.2) is 0 Å². The van der Waals surface area contributed by atoms with Crippen molar-refractivity contribution in [2.24, 2.45) is 0 Å². The minimum absolute atomic E-state index is 0.545. The summed E-state index contributed by atoms with van der Waals surface area (Å²) in [6.07, 6.45) is 0. The number of nitrogens with zero attached hydrogens (tertiary/aromatic N) is 2. The molecular weight excluding hydrogens is 126 g/mol. The van der Waals surface area contributed by atoms with Crippen LogP contribution in [-0.4, -0.2) is 56.1 Å². The molecule has 1 radical (unpaired) electrons. The zero-order valence-corrected chi connectivity index (χ0v) is 6.64. The molecule has 1 rings (SSSR count). The number of piperazine rings is 1. The van der Waals surface area contributed by atoms with Crippen LogP contribution in [0.25, 0.3) is 0 Å². The van der Waals surface area contributed by atoms with Crippen LogP contribution in [0.5, 0.6) is 0 Å². The van der Waals surface area contributed by atoms with Gasteiger partial charge in [-0.2, -0.15) is 0 Å². The van der Waals surface area contributed by atoms with Gasteiger partial charge in [0, 0.05) is 39.3 Å². The normalized spacial score (nSPS) is 23.4. The molecule has 0 aliphatic carbocycles. The number of hydrogen-bond acceptors (Lipinski definition) is 2. The molecule has 1 heterocycles. The third-order valence-corrected chi connectivity index (χ3v) is 2.02. The summed E-state index contributed by atoms with van der Waals surface area (Å²) in [5, 5.41) is 0. The maximum atomic E-state index is 7.03. The van der Waals surface area contributed by atoms with Gasteiger partial charge in [0.1, 0.15) is 0 Å². The molecule has 1 aliphatic rings. The van der Waals surface area contributed by atoms with Crippen molar-refractivity contribution in [1.82, 2.24) is 15.5 Å². The van der Waals surface area contributed by atoms with Gasteiger partial charge < -0.3 is 4.90 Å². The van der Waals surface area contributed by atoms with Crippen molar-refractivity contribution in [3.05, 3.63) is 0 Å². The Kier molecular flexibility index (Phi) is 3.12. The molecule has 0 aromatic heterocycles. The van der Waals surface area contributed by atoms with E-state index in [4.69, 9.17) is 5.73 Å². The van der Waals surface area contributed by atoms with E-state index in [2.05, 4.69) is 16.8 Å². The first kappa shape index (κ1) is 7.98. The highest BCUT2D eigenvalue weighted by atomic mass is 15.2. The van der Waals surface area contributed by atoms with Crippen LogP contribution in [0, 0.1) is 0 Å². The SMILES string of the molecule is CN1CCN(CC[NH])CC1. The van der Waals surface area contributed by atoms with Crippen molar-refractivity contribution in [2.45, 2.75) is 0 Å². The summed E-state index contributed by atoms with van der Waals surface area (Å²) in [5.41, 5.74) is 7.03. The van der Waals surface area contributed by atoms with E-state index in [1.807, 2.05) is 0 Å². The minimum Gasteiger partial charge on any atom is -0.304 e. The molecule has 59 valence electrons. The number of likely N-dealkylation sites (N-methyl/N-ethyl adjacent to an activating group) is 1. The fourth-order valence-electron chi connectivity index (χ4n) is 1.23. The summed E-state index contributed by atoms with van der Waals surface area (Å²) >= 11 is 0. The number of rotatable bonds is 2. The van der Waals surface area contributed by atoms with E-state index < -0.39 is 0 Å². The third kappa shape index (κ3) is 2.25. The van der Waals surface area contributed by atoms with Crippen LogP contribution >= 0.6 is 0 Å². The summed E-state index contributed by atoms with van der Waals surface area (Å²) in [7, 11) is 2.15. The maximum absolute atomic E-state index is 7.03. The van der Waals surface area contributed by atoms with Gasteiger partial charge in [-0.1, -0.05) is 0 Å². The zero-order valence-electron chi connectivity index (χ0n) is 6.64. The van der Waals surface area contributed by atoms with E-state index in [0.717, 1.165) is 19.6 Å². The summed E-state index contributed by atoms with van der Waals surface area (Å²) in [5.74, 6) is 0. The molecule has 0 aromatic carbocycles. The lowest BCUT2D eigenvalue weighted by atomic mass is 10.3. The second-order valence-corrected chi connectivity index (χ2v) is 2.89. The lowest BCUT2D eigenvalue weighted by Gasteiger charge is -2.31. The number of nitrogens with one attached hydrogen (secondary N) is 1. The Labute approximate surface area is 62.8 Å².